The van der Waals surface area contributed by atoms with Crippen molar-refractivity contribution in [2.45, 2.75) is 38.3 Å². The van der Waals surface area contributed by atoms with E-state index in [9.17, 15) is 14.4 Å². The van der Waals surface area contributed by atoms with Gasteiger partial charge in [0, 0.05) is 30.8 Å². The van der Waals surface area contributed by atoms with Crippen molar-refractivity contribution in [3.05, 3.63) is 105 Å². The van der Waals surface area contributed by atoms with Gasteiger partial charge in [0.05, 0.1) is 17.4 Å². The van der Waals surface area contributed by atoms with E-state index < -0.39 is 0 Å². The Hall–Kier alpha value is -4.53. The van der Waals surface area contributed by atoms with Crippen LogP contribution in [0.2, 0.25) is 0 Å². The molecular formula is C27H24N6O3. The summed E-state index contributed by atoms with van der Waals surface area (Å²) in [7, 11) is 0. The summed E-state index contributed by atoms with van der Waals surface area (Å²) in [4.78, 5) is 43.1. The number of aryl methyl sites for hydroxylation is 1. The third kappa shape index (κ3) is 4.19. The van der Waals surface area contributed by atoms with Crippen LogP contribution in [0.25, 0.3) is 16.6 Å². The lowest BCUT2D eigenvalue weighted by Gasteiger charge is -2.13. The highest BCUT2D eigenvalue weighted by Gasteiger charge is 2.28. The summed E-state index contributed by atoms with van der Waals surface area (Å²) in [6.45, 7) is 0.291. The monoisotopic (exact) mass is 480 g/mol. The van der Waals surface area contributed by atoms with Crippen LogP contribution in [0, 0.1) is 0 Å². The van der Waals surface area contributed by atoms with E-state index in [1.165, 1.54) is 9.08 Å². The molecule has 0 bridgehead atoms. The number of benzene rings is 2. The second-order valence-electron chi connectivity index (χ2n) is 9.07. The quantitative estimate of drug-likeness (QED) is 0.385. The van der Waals surface area contributed by atoms with Gasteiger partial charge in [-0.05, 0) is 54.8 Å². The molecule has 2 aromatic carbocycles. The van der Waals surface area contributed by atoms with Crippen molar-refractivity contribution in [3.8, 4) is 0 Å². The van der Waals surface area contributed by atoms with Gasteiger partial charge in [0.2, 0.25) is 5.91 Å². The number of hydrogen-bond donors (Lipinski definition) is 1. The molecule has 5 aromatic rings. The minimum absolute atomic E-state index is 0.0339. The average molecular weight is 481 g/mol. The van der Waals surface area contributed by atoms with E-state index in [1.807, 2.05) is 48.5 Å². The fraction of sp³-hybridized carbons (Fsp3) is 0.222. The number of nitrogens with zero attached hydrogens (tertiary/aromatic N) is 5. The topological polar surface area (TPSA) is 103 Å². The Morgan fingerprint density at radius 2 is 1.83 bits per heavy atom. The summed E-state index contributed by atoms with van der Waals surface area (Å²) in [6, 6.07) is 20.3. The molecule has 36 heavy (non-hydrogen) atoms. The zero-order chi connectivity index (χ0) is 24.6. The summed E-state index contributed by atoms with van der Waals surface area (Å²) >= 11 is 0. The number of aromatic nitrogens is 5. The SMILES string of the molecule is O=C(CCc1nc2ccccc2c(=O)n1C1CC1)Nc1cccc(Cn2nc3ccccn3c2=O)c1. The molecule has 6 rings (SSSR count). The first-order chi connectivity index (χ1) is 17.6. The maximum atomic E-state index is 13.0. The maximum Gasteiger partial charge on any atom is 0.350 e. The van der Waals surface area contributed by atoms with Gasteiger partial charge in [-0.2, -0.15) is 0 Å². The first-order valence-electron chi connectivity index (χ1n) is 12.0. The third-order valence-electron chi connectivity index (χ3n) is 6.40. The van der Waals surface area contributed by atoms with Gasteiger partial charge in [0.15, 0.2) is 5.65 Å². The number of nitrogens with one attached hydrogen (secondary N) is 1. The molecule has 0 atom stereocenters. The molecule has 1 N–H and O–H groups in total. The van der Waals surface area contributed by atoms with Crippen molar-refractivity contribution in [3.63, 3.8) is 0 Å². The molecule has 1 aliphatic carbocycles. The van der Waals surface area contributed by atoms with Crippen LogP contribution in [-0.2, 0) is 17.8 Å². The highest BCUT2D eigenvalue weighted by Crippen LogP contribution is 2.35. The average Bonchev–Trinajstić information content (AvgIpc) is 3.67. The van der Waals surface area contributed by atoms with E-state index in [-0.39, 0.29) is 29.6 Å². The lowest BCUT2D eigenvalue weighted by Crippen LogP contribution is -2.25. The summed E-state index contributed by atoms with van der Waals surface area (Å²) in [5, 5.41) is 7.90. The van der Waals surface area contributed by atoms with Gasteiger partial charge in [0.25, 0.3) is 5.56 Å². The predicted octanol–water partition coefficient (Wildman–Crippen LogP) is 3.16. The fourth-order valence-electron chi connectivity index (χ4n) is 4.52. The van der Waals surface area contributed by atoms with E-state index >= 15 is 0 Å². The molecule has 1 saturated carbocycles. The second kappa shape index (κ2) is 8.92. The Morgan fingerprint density at radius 1 is 1.00 bits per heavy atom. The molecule has 0 saturated heterocycles. The van der Waals surface area contributed by atoms with Gasteiger partial charge >= 0.3 is 5.69 Å². The highest BCUT2D eigenvalue weighted by molar-refractivity contribution is 5.90. The molecule has 180 valence electrons. The smallest absolute Gasteiger partial charge is 0.326 e. The Bertz CT molecular complexity index is 1730. The summed E-state index contributed by atoms with van der Waals surface area (Å²) in [5.41, 5.74) is 2.47. The van der Waals surface area contributed by atoms with Crippen LogP contribution < -0.4 is 16.6 Å². The molecule has 3 aromatic heterocycles. The van der Waals surface area contributed by atoms with Gasteiger partial charge in [-0.15, -0.1) is 5.10 Å². The van der Waals surface area contributed by atoms with Crippen molar-refractivity contribution in [2.75, 3.05) is 5.32 Å². The Kier molecular flexibility index (Phi) is 5.44. The number of fused-ring (bicyclic) bond motifs is 2. The van der Waals surface area contributed by atoms with Crippen LogP contribution in [0.4, 0.5) is 5.69 Å². The van der Waals surface area contributed by atoms with Crippen molar-refractivity contribution in [1.29, 1.82) is 0 Å². The number of pyridine rings is 1. The van der Waals surface area contributed by atoms with Gasteiger partial charge in [-0.25, -0.2) is 14.5 Å². The third-order valence-corrected chi connectivity index (χ3v) is 6.40. The Morgan fingerprint density at radius 3 is 2.67 bits per heavy atom. The van der Waals surface area contributed by atoms with Crippen molar-refractivity contribution in [2.24, 2.45) is 0 Å². The first kappa shape index (κ1) is 22.0. The first-order valence-corrected chi connectivity index (χ1v) is 12.0. The Labute approximate surface area is 205 Å². The fourth-order valence-corrected chi connectivity index (χ4v) is 4.52. The zero-order valence-corrected chi connectivity index (χ0v) is 19.5. The number of amides is 1. The van der Waals surface area contributed by atoms with Crippen molar-refractivity contribution < 1.29 is 4.79 Å². The van der Waals surface area contributed by atoms with E-state index in [2.05, 4.69) is 10.4 Å². The number of para-hydroxylation sites is 1. The van der Waals surface area contributed by atoms with Crippen LogP contribution in [0.15, 0.2) is 82.5 Å². The number of carbonyl (C=O) groups excluding carboxylic acids is 1. The molecule has 1 aliphatic rings. The predicted molar refractivity (Wildman–Crippen MR) is 136 cm³/mol. The largest absolute Gasteiger partial charge is 0.350 e. The molecule has 0 radical (unpaired) electrons. The maximum absolute atomic E-state index is 13.0. The van der Waals surface area contributed by atoms with E-state index in [1.54, 1.807) is 29.0 Å². The number of rotatable bonds is 7. The van der Waals surface area contributed by atoms with Gasteiger partial charge in [-0.1, -0.05) is 30.3 Å². The highest BCUT2D eigenvalue weighted by atomic mass is 16.2. The minimum Gasteiger partial charge on any atom is -0.326 e. The van der Waals surface area contributed by atoms with Gasteiger partial charge < -0.3 is 5.32 Å². The molecule has 0 unspecified atom stereocenters. The lowest BCUT2D eigenvalue weighted by atomic mass is 10.2. The van der Waals surface area contributed by atoms with Gasteiger partial charge in [-0.3, -0.25) is 18.6 Å². The summed E-state index contributed by atoms with van der Waals surface area (Å²) < 4.78 is 4.66. The zero-order valence-electron chi connectivity index (χ0n) is 19.5. The van der Waals surface area contributed by atoms with Crippen LogP contribution in [0.3, 0.4) is 0 Å². The molecule has 0 aliphatic heterocycles. The summed E-state index contributed by atoms with van der Waals surface area (Å²) in [5.74, 6) is 0.484. The summed E-state index contributed by atoms with van der Waals surface area (Å²) in [6.07, 6.45) is 4.18. The molecular weight excluding hydrogens is 456 g/mol. The number of carbonyl (C=O) groups is 1. The van der Waals surface area contributed by atoms with Crippen LogP contribution in [-0.4, -0.2) is 29.6 Å². The standard InChI is InChI=1S/C27H24N6O3/c34-25(14-13-23-29-22-9-2-1-8-21(22)26(35)33(23)20-11-12-20)28-19-7-5-6-18(16-19)17-32-27(36)31-15-4-3-10-24(31)30-32/h1-10,15-16,20H,11-14,17H2,(H,28,34). The minimum atomic E-state index is -0.218. The Balaban J connectivity index is 1.17. The van der Waals surface area contributed by atoms with Crippen LogP contribution in [0.1, 0.15) is 36.7 Å². The van der Waals surface area contributed by atoms with Gasteiger partial charge in [0.1, 0.15) is 5.82 Å². The number of anilines is 1. The van der Waals surface area contributed by atoms with E-state index in [4.69, 9.17) is 4.98 Å². The van der Waals surface area contributed by atoms with E-state index in [0.717, 1.165) is 18.4 Å². The normalized spacial score (nSPS) is 13.3. The molecule has 9 nitrogen and oxygen atoms in total. The van der Waals surface area contributed by atoms with Crippen molar-refractivity contribution in [1.82, 2.24) is 23.7 Å². The van der Waals surface area contributed by atoms with Crippen LogP contribution >= 0.6 is 0 Å². The molecule has 1 amide bonds. The van der Waals surface area contributed by atoms with Crippen LogP contribution in [0.5, 0.6) is 0 Å². The lowest BCUT2D eigenvalue weighted by molar-refractivity contribution is -0.116. The second-order valence-corrected chi connectivity index (χ2v) is 9.07. The molecule has 9 heteroatoms. The van der Waals surface area contributed by atoms with E-state index in [0.29, 0.717) is 41.0 Å². The number of hydrogen-bond acceptors (Lipinski definition) is 5. The molecule has 1 fully saturated rings. The molecule has 0 spiro atoms. The van der Waals surface area contributed by atoms with Crippen molar-refractivity contribution >= 4 is 28.1 Å². The molecule has 3 heterocycles.